The van der Waals surface area contributed by atoms with Crippen LogP contribution in [0.15, 0.2) is 72.8 Å². The summed E-state index contributed by atoms with van der Waals surface area (Å²) in [5.41, 5.74) is 2.02. The van der Waals surface area contributed by atoms with Gasteiger partial charge in [-0.25, -0.2) is 4.79 Å². The zero-order valence-electron chi connectivity index (χ0n) is 21.4. The van der Waals surface area contributed by atoms with Crippen molar-refractivity contribution in [3.8, 4) is 5.75 Å². The van der Waals surface area contributed by atoms with Crippen LogP contribution in [-0.4, -0.2) is 39.6 Å². The van der Waals surface area contributed by atoms with Crippen LogP contribution in [0.3, 0.4) is 0 Å². The van der Waals surface area contributed by atoms with Crippen LogP contribution in [0.2, 0.25) is 0 Å². The molecule has 2 saturated carbocycles. The largest absolute Gasteiger partial charge is 0.481 e. The van der Waals surface area contributed by atoms with Crippen molar-refractivity contribution in [1.82, 2.24) is 0 Å². The molecular weight excluding hydrogens is 480 g/mol. The minimum atomic E-state index is -1.66. The summed E-state index contributed by atoms with van der Waals surface area (Å²) in [6.07, 6.45) is 0.107. The standard InChI is InChI=1S/C31H32O5Si/c1-18-14-23(37(21-10-6-4-7-11-21)22-12-8-5-9-13-22)15-19(2)28(18)34-17-26(32)35-29-24-16-25-27(20(24)3)30(29)36-31(25)33/h4-15,20,24-25,27,29-30,37H,16-17H2,1-3H3/t20-,24?,25?,27?,29?,30?/m0/s1. The second-order valence-electron chi connectivity index (χ2n) is 10.8. The minimum absolute atomic E-state index is 0.0147. The summed E-state index contributed by atoms with van der Waals surface area (Å²) in [6, 6.07) is 25.8. The van der Waals surface area contributed by atoms with Gasteiger partial charge in [0.15, 0.2) is 6.61 Å². The quantitative estimate of drug-likeness (QED) is 0.277. The first-order valence-corrected chi connectivity index (χ1v) is 14.9. The lowest BCUT2D eigenvalue weighted by molar-refractivity contribution is -0.163. The van der Waals surface area contributed by atoms with E-state index in [0.29, 0.717) is 5.92 Å². The molecule has 0 amide bonds. The molecule has 5 unspecified atom stereocenters. The first-order valence-electron chi connectivity index (χ1n) is 13.2. The average Bonchev–Trinajstić information content (AvgIpc) is 3.44. The highest BCUT2D eigenvalue weighted by atomic mass is 28.3. The molecule has 2 bridgehead atoms. The Balaban J connectivity index is 1.18. The van der Waals surface area contributed by atoms with Gasteiger partial charge < -0.3 is 14.2 Å². The first-order chi connectivity index (χ1) is 17.9. The maximum Gasteiger partial charge on any atom is 0.344 e. The third-order valence-corrected chi connectivity index (χ3v) is 11.7. The van der Waals surface area contributed by atoms with E-state index in [1.165, 1.54) is 15.6 Å². The Kier molecular flexibility index (Phi) is 6.15. The predicted octanol–water partition coefficient (Wildman–Crippen LogP) is 2.67. The smallest absolute Gasteiger partial charge is 0.344 e. The molecule has 1 saturated heterocycles. The molecule has 0 aromatic heterocycles. The molecule has 0 N–H and O–H groups in total. The number of aryl methyl sites for hydroxylation is 2. The maximum atomic E-state index is 12.8. The molecule has 6 heteroatoms. The van der Waals surface area contributed by atoms with E-state index < -0.39 is 14.8 Å². The highest BCUT2D eigenvalue weighted by molar-refractivity contribution is 6.95. The molecule has 1 heterocycles. The van der Waals surface area contributed by atoms with Gasteiger partial charge in [-0.1, -0.05) is 95.3 Å². The second kappa shape index (κ2) is 9.49. The summed E-state index contributed by atoms with van der Waals surface area (Å²) in [4.78, 5) is 24.9. The number of ether oxygens (including phenoxy) is 3. The Labute approximate surface area is 219 Å². The Morgan fingerprint density at radius 1 is 0.946 bits per heavy atom. The molecule has 3 aliphatic rings. The van der Waals surface area contributed by atoms with Crippen molar-refractivity contribution in [2.24, 2.45) is 23.7 Å². The van der Waals surface area contributed by atoms with Crippen LogP contribution in [0, 0.1) is 37.5 Å². The molecule has 1 aliphatic heterocycles. The summed E-state index contributed by atoms with van der Waals surface area (Å²) in [7, 11) is -1.66. The number of fused-ring (bicyclic) bond motifs is 1. The Morgan fingerprint density at radius 3 is 2.14 bits per heavy atom. The lowest BCUT2D eigenvalue weighted by Crippen LogP contribution is -2.52. The Morgan fingerprint density at radius 2 is 1.54 bits per heavy atom. The number of carbonyl (C=O) groups excluding carboxylic acids is 2. The van der Waals surface area contributed by atoms with Crippen molar-refractivity contribution in [2.45, 2.75) is 39.4 Å². The van der Waals surface area contributed by atoms with Gasteiger partial charge in [0.05, 0.1) is 5.92 Å². The third-order valence-electron chi connectivity index (χ3n) is 8.64. The number of esters is 2. The Hall–Kier alpha value is -3.38. The van der Waals surface area contributed by atoms with Crippen LogP contribution in [0.25, 0.3) is 0 Å². The monoisotopic (exact) mass is 512 g/mol. The van der Waals surface area contributed by atoms with Crippen molar-refractivity contribution in [3.63, 3.8) is 0 Å². The molecule has 190 valence electrons. The lowest BCUT2D eigenvalue weighted by Gasteiger charge is -2.25. The lowest BCUT2D eigenvalue weighted by atomic mass is 9.88. The summed E-state index contributed by atoms with van der Waals surface area (Å²) < 4.78 is 17.4. The molecular formula is C31H32O5Si. The number of hydrogen-bond donors (Lipinski definition) is 0. The van der Waals surface area contributed by atoms with Crippen LogP contribution in [-0.2, 0) is 19.1 Å². The van der Waals surface area contributed by atoms with E-state index >= 15 is 0 Å². The number of hydrogen-bond acceptors (Lipinski definition) is 5. The summed E-state index contributed by atoms with van der Waals surface area (Å²) >= 11 is 0. The number of carbonyl (C=O) groups is 2. The van der Waals surface area contributed by atoms with Gasteiger partial charge in [-0.15, -0.1) is 0 Å². The minimum Gasteiger partial charge on any atom is -0.481 e. The highest BCUT2D eigenvalue weighted by Crippen LogP contribution is 2.58. The highest BCUT2D eigenvalue weighted by Gasteiger charge is 2.66. The van der Waals surface area contributed by atoms with Crippen LogP contribution < -0.4 is 20.3 Å². The zero-order chi connectivity index (χ0) is 25.7. The fourth-order valence-corrected chi connectivity index (χ4v) is 10.3. The maximum absolute atomic E-state index is 12.8. The van der Waals surface area contributed by atoms with Crippen molar-refractivity contribution >= 4 is 36.3 Å². The molecule has 3 fully saturated rings. The molecule has 6 rings (SSSR count). The van der Waals surface area contributed by atoms with Gasteiger partial charge in [-0.05, 0) is 37.3 Å². The molecule has 2 aliphatic carbocycles. The molecule has 5 nitrogen and oxygen atoms in total. The molecule has 0 radical (unpaired) electrons. The topological polar surface area (TPSA) is 61.8 Å². The van der Waals surface area contributed by atoms with Crippen LogP contribution >= 0.6 is 0 Å². The molecule has 6 atom stereocenters. The van der Waals surface area contributed by atoms with E-state index in [4.69, 9.17) is 14.2 Å². The zero-order valence-corrected chi connectivity index (χ0v) is 22.6. The van der Waals surface area contributed by atoms with Gasteiger partial charge in [-0.3, -0.25) is 4.79 Å². The average molecular weight is 513 g/mol. The van der Waals surface area contributed by atoms with Crippen molar-refractivity contribution in [2.75, 3.05) is 6.61 Å². The Bertz CT molecular complexity index is 1260. The second-order valence-corrected chi connectivity index (χ2v) is 13.7. The summed E-state index contributed by atoms with van der Waals surface area (Å²) in [6.45, 7) is 6.05. The molecule has 0 spiro atoms. The van der Waals surface area contributed by atoms with Crippen molar-refractivity contribution in [1.29, 1.82) is 0 Å². The summed E-state index contributed by atoms with van der Waals surface area (Å²) in [5, 5.41) is 4.04. The van der Waals surface area contributed by atoms with E-state index in [1.807, 2.05) is 13.8 Å². The van der Waals surface area contributed by atoms with Gasteiger partial charge in [0.2, 0.25) is 0 Å². The SMILES string of the molecule is Cc1cc([SiH](c2ccccc2)c2ccccc2)cc(C)c1OCC(=O)OC1C2OC(=O)C3CC1[C@H](C)C32. The van der Waals surface area contributed by atoms with E-state index in [2.05, 4.69) is 79.7 Å². The molecule has 37 heavy (non-hydrogen) atoms. The van der Waals surface area contributed by atoms with Crippen LogP contribution in [0.5, 0.6) is 5.75 Å². The van der Waals surface area contributed by atoms with E-state index in [0.717, 1.165) is 23.3 Å². The predicted molar refractivity (Wildman–Crippen MR) is 144 cm³/mol. The fraction of sp³-hybridized carbons (Fsp3) is 0.355. The number of rotatable bonds is 7. The third kappa shape index (κ3) is 4.17. The van der Waals surface area contributed by atoms with Gasteiger partial charge >= 0.3 is 11.9 Å². The van der Waals surface area contributed by atoms with Gasteiger partial charge in [-0.2, -0.15) is 0 Å². The number of benzene rings is 3. The van der Waals surface area contributed by atoms with Gasteiger partial charge in [0, 0.05) is 11.8 Å². The van der Waals surface area contributed by atoms with E-state index in [1.54, 1.807) is 0 Å². The van der Waals surface area contributed by atoms with Gasteiger partial charge in [0.25, 0.3) is 0 Å². The van der Waals surface area contributed by atoms with E-state index in [9.17, 15) is 9.59 Å². The summed E-state index contributed by atoms with van der Waals surface area (Å²) in [5.74, 6) is 0.882. The van der Waals surface area contributed by atoms with E-state index in [-0.39, 0.29) is 42.5 Å². The molecule has 3 aromatic rings. The van der Waals surface area contributed by atoms with Crippen LogP contribution in [0.1, 0.15) is 24.5 Å². The van der Waals surface area contributed by atoms with Crippen molar-refractivity contribution < 1.29 is 23.8 Å². The molecule has 3 aromatic carbocycles. The fourth-order valence-electron chi connectivity index (χ4n) is 7.08. The van der Waals surface area contributed by atoms with Crippen LogP contribution in [0.4, 0.5) is 0 Å². The normalized spacial score (nSPS) is 27.4. The van der Waals surface area contributed by atoms with Crippen molar-refractivity contribution in [3.05, 3.63) is 83.9 Å². The first kappa shape index (κ1) is 24.0. The van der Waals surface area contributed by atoms with Gasteiger partial charge in [0.1, 0.15) is 26.8 Å².